The lowest BCUT2D eigenvalue weighted by molar-refractivity contribution is 0.0430. The molecule has 0 spiro atoms. The monoisotopic (exact) mass is 180 g/mol. The van der Waals surface area contributed by atoms with Gasteiger partial charge in [0.2, 0.25) is 0 Å². The van der Waals surface area contributed by atoms with Crippen LogP contribution in [-0.2, 0) is 6.42 Å². The van der Waals surface area contributed by atoms with E-state index in [2.05, 4.69) is 10.2 Å². The lowest BCUT2D eigenvalue weighted by atomic mass is 10.1. The Morgan fingerprint density at radius 1 is 1.54 bits per heavy atom. The van der Waals surface area contributed by atoms with Gasteiger partial charge >= 0.3 is 0 Å². The SMILES string of the molecule is OC(F)Cc1ccc2cn[nH]c2c1. The molecule has 2 N–H and O–H groups in total. The van der Waals surface area contributed by atoms with Crippen molar-refractivity contribution in [3.63, 3.8) is 0 Å². The molecule has 1 atom stereocenters. The third kappa shape index (κ3) is 1.67. The minimum absolute atomic E-state index is 0.0228. The van der Waals surface area contributed by atoms with Gasteiger partial charge in [0, 0.05) is 11.8 Å². The van der Waals surface area contributed by atoms with E-state index in [4.69, 9.17) is 5.11 Å². The summed E-state index contributed by atoms with van der Waals surface area (Å²) >= 11 is 0. The van der Waals surface area contributed by atoms with Crippen molar-refractivity contribution in [2.75, 3.05) is 0 Å². The number of hydrogen-bond acceptors (Lipinski definition) is 2. The summed E-state index contributed by atoms with van der Waals surface area (Å²) in [5.74, 6) is 0. The fourth-order valence-corrected chi connectivity index (χ4v) is 1.31. The molecule has 2 rings (SSSR count). The largest absolute Gasteiger partial charge is 0.364 e. The minimum Gasteiger partial charge on any atom is -0.364 e. The zero-order valence-corrected chi connectivity index (χ0v) is 6.87. The molecule has 1 unspecified atom stereocenters. The predicted octanol–water partition coefficient (Wildman–Crippen LogP) is 1.39. The summed E-state index contributed by atoms with van der Waals surface area (Å²) in [6.07, 6.45) is -0.0692. The number of H-pyrrole nitrogens is 1. The van der Waals surface area contributed by atoms with Crippen molar-refractivity contribution in [1.29, 1.82) is 0 Å². The van der Waals surface area contributed by atoms with E-state index in [0.717, 1.165) is 16.5 Å². The van der Waals surface area contributed by atoms with E-state index in [0.29, 0.717) is 0 Å². The second-order valence-electron chi connectivity index (χ2n) is 2.93. The molecule has 0 saturated carbocycles. The van der Waals surface area contributed by atoms with Gasteiger partial charge in [-0.2, -0.15) is 5.10 Å². The topological polar surface area (TPSA) is 48.9 Å². The van der Waals surface area contributed by atoms with Crippen LogP contribution in [0.2, 0.25) is 0 Å². The maximum absolute atomic E-state index is 12.2. The van der Waals surface area contributed by atoms with Gasteiger partial charge in [-0.3, -0.25) is 5.10 Å². The Kier molecular flexibility index (Phi) is 1.98. The molecule has 1 aromatic heterocycles. The molecule has 1 heterocycles. The molecule has 0 aliphatic rings. The number of aliphatic hydroxyl groups is 1. The minimum atomic E-state index is -1.79. The highest BCUT2D eigenvalue weighted by Gasteiger charge is 2.03. The number of alkyl halides is 1. The smallest absolute Gasteiger partial charge is 0.200 e. The molecule has 0 radical (unpaired) electrons. The number of nitrogens with one attached hydrogen (secondary N) is 1. The average molecular weight is 180 g/mol. The first-order chi connectivity index (χ1) is 6.25. The number of benzene rings is 1. The second-order valence-corrected chi connectivity index (χ2v) is 2.93. The molecule has 0 saturated heterocycles. The van der Waals surface area contributed by atoms with Gasteiger partial charge in [-0.25, -0.2) is 4.39 Å². The van der Waals surface area contributed by atoms with Crippen molar-refractivity contribution in [2.45, 2.75) is 12.8 Å². The first kappa shape index (κ1) is 8.19. The summed E-state index contributed by atoms with van der Waals surface area (Å²) in [5, 5.41) is 16.1. The van der Waals surface area contributed by atoms with Crippen molar-refractivity contribution in [2.24, 2.45) is 0 Å². The number of aromatic amines is 1. The van der Waals surface area contributed by atoms with Crippen molar-refractivity contribution in [3.05, 3.63) is 30.0 Å². The number of nitrogens with zero attached hydrogens (tertiary/aromatic N) is 1. The summed E-state index contributed by atoms with van der Waals surface area (Å²) in [7, 11) is 0. The quantitative estimate of drug-likeness (QED) is 0.733. The molecular weight excluding hydrogens is 171 g/mol. The van der Waals surface area contributed by atoms with Crippen LogP contribution in [0.3, 0.4) is 0 Å². The van der Waals surface area contributed by atoms with Crippen LogP contribution in [-0.4, -0.2) is 21.7 Å². The van der Waals surface area contributed by atoms with Crippen LogP contribution in [0.1, 0.15) is 5.56 Å². The first-order valence-electron chi connectivity index (χ1n) is 4.00. The summed E-state index contributed by atoms with van der Waals surface area (Å²) < 4.78 is 12.2. The van der Waals surface area contributed by atoms with Crippen LogP contribution in [0.5, 0.6) is 0 Å². The molecule has 0 fully saturated rings. The third-order valence-corrected chi connectivity index (χ3v) is 1.91. The number of aromatic nitrogens is 2. The number of rotatable bonds is 2. The Morgan fingerprint density at radius 2 is 2.38 bits per heavy atom. The highest BCUT2D eigenvalue weighted by Crippen LogP contribution is 2.14. The van der Waals surface area contributed by atoms with Gasteiger partial charge in [0.05, 0.1) is 11.7 Å². The standard InChI is InChI=1S/C9H9FN2O/c10-9(13)4-6-1-2-7-5-11-12-8(7)3-6/h1-3,5,9,13H,4H2,(H,11,12). The Balaban J connectivity index is 2.37. The number of halogens is 1. The van der Waals surface area contributed by atoms with Gasteiger partial charge in [-0.1, -0.05) is 12.1 Å². The number of aliphatic hydroxyl groups excluding tert-OH is 1. The second kappa shape index (κ2) is 3.14. The maximum atomic E-state index is 12.2. The van der Waals surface area contributed by atoms with Crippen LogP contribution >= 0.6 is 0 Å². The van der Waals surface area contributed by atoms with Crippen LogP contribution in [0, 0.1) is 0 Å². The molecule has 0 aliphatic carbocycles. The van der Waals surface area contributed by atoms with Crippen LogP contribution in [0.15, 0.2) is 24.4 Å². The molecule has 3 nitrogen and oxygen atoms in total. The van der Waals surface area contributed by atoms with Crippen molar-refractivity contribution < 1.29 is 9.50 Å². The first-order valence-corrected chi connectivity index (χ1v) is 4.00. The van der Waals surface area contributed by atoms with Crippen LogP contribution < -0.4 is 0 Å². The zero-order valence-electron chi connectivity index (χ0n) is 6.87. The molecule has 2 aromatic rings. The summed E-state index contributed by atoms with van der Waals surface area (Å²) in [5.41, 5.74) is 1.62. The van der Waals surface area contributed by atoms with E-state index in [1.807, 2.05) is 6.07 Å². The molecule has 4 heteroatoms. The van der Waals surface area contributed by atoms with E-state index < -0.39 is 6.36 Å². The van der Waals surface area contributed by atoms with Crippen molar-refractivity contribution in [3.8, 4) is 0 Å². The van der Waals surface area contributed by atoms with Gasteiger partial charge < -0.3 is 5.11 Å². The number of fused-ring (bicyclic) bond motifs is 1. The lowest BCUT2D eigenvalue weighted by Crippen LogP contribution is -2.01. The third-order valence-electron chi connectivity index (χ3n) is 1.91. The van der Waals surface area contributed by atoms with Gasteiger partial charge in [-0.15, -0.1) is 0 Å². The molecule has 0 bridgehead atoms. The van der Waals surface area contributed by atoms with E-state index in [-0.39, 0.29) is 6.42 Å². The van der Waals surface area contributed by atoms with Crippen molar-refractivity contribution in [1.82, 2.24) is 10.2 Å². The van der Waals surface area contributed by atoms with E-state index >= 15 is 0 Å². The highest BCUT2D eigenvalue weighted by atomic mass is 19.1. The van der Waals surface area contributed by atoms with E-state index in [9.17, 15) is 4.39 Å². The molecule has 1 aromatic carbocycles. The molecule has 0 aliphatic heterocycles. The van der Waals surface area contributed by atoms with Gasteiger partial charge in [-0.05, 0) is 11.6 Å². The van der Waals surface area contributed by atoms with Gasteiger partial charge in [0.25, 0.3) is 0 Å². The average Bonchev–Trinajstić information content (AvgIpc) is 2.49. The van der Waals surface area contributed by atoms with Crippen LogP contribution in [0.25, 0.3) is 10.9 Å². The highest BCUT2D eigenvalue weighted by molar-refractivity contribution is 5.78. The van der Waals surface area contributed by atoms with E-state index in [1.165, 1.54) is 0 Å². The fraction of sp³-hybridized carbons (Fsp3) is 0.222. The molecule has 68 valence electrons. The van der Waals surface area contributed by atoms with E-state index in [1.54, 1.807) is 18.3 Å². The summed E-state index contributed by atoms with van der Waals surface area (Å²) in [4.78, 5) is 0. The summed E-state index contributed by atoms with van der Waals surface area (Å²) in [6.45, 7) is 0. The van der Waals surface area contributed by atoms with Crippen molar-refractivity contribution >= 4 is 10.9 Å². The Hall–Kier alpha value is -1.42. The zero-order chi connectivity index (χ0) is 9.26. The summed E-state index contributed by atoms with van der Waals surface area (Å²) in [6, 6.07) is 5.41. The van der Waals surface area contributed by atoms with Crippen LogP contribution in [0.4, 0.5) is 4.39 Å². The number of hydrogen-bond donors (Lipinski definition) is 2. The fourth-order valence-electron chi connectivity index (χ4n) is 1.31. The predicted molar refractivity (Wildman–Crippen MR) is 46.9 cm³/mol. The Labute approximate surface area is 74.2 Å². The molecule has 0 amide bonds. The molecular formula is C9H9FN2O. The Bertz CT molecular complexity index is 411. The molecule has 13 heavy (non-hydrogen) atoms. The van der Waals surface area contributed by atoms with Gasteiger partial charge in [0.15, 0.2) is 6.36 Å². The van der Waals surface area contributed by atoms with Gasteiger partial charge in [0.1, 0.15) is 0 Å². The maximum Gasteiger partial charge on any atom is 0.200 e. The Morgan fingerprint density at radius 3 is 3.15 bits per heavy atom. The lowest BCUT2D eigenvalue weighted by Gasteiger charge is -2.00. The normalized spacial score (nSPS) is 13.4.